The largest absolute Gasteiger partial charge is 0.173 e. The summed E-state index contributed by atoms with van der Waals surface area (Å²) in [4.78, 5) is 0. The summed E-state index contributed by atoms with van der Waals surface area (Å²) < 4.78 is 0. The van der Waals surface area contributed by atoms with Crippen molar-refractivity contribution in [1.82, 2.24) is 0 Å². The van der Waals surface area contributed by atoms with E-state index in [9.17, 15) is 0 Å². The summed E-state index contributed by atoms with van der Waals surface area (Å²) in [5, 5.41) is 0. The van der Waals surface area contributed by atoms with Gasteiger partial charge in [0.25, 0.3) is 0 Å². The van der Waals surface area contributed by atoms with Gasteiger partial charge in [0.1, 0.15) is 8.50 Å². The lowest BCUT2D eigenvalue weighted by Gasteiger charge is -1.65. The van der Waals surface area contributed by atoms with Crippen LogP contribution in [-0.2, 0) is 0 Å². The van der Waals surface area contributed by atoms with Crippen LogP contribution in [0.15, 0.2) is 0 Å². The second-order valence-corrected chi connectivity index (χ2v) is 5.45. The Hall–Kier alpha value is 1.00. The van der Waals surface area contributed by atoms with Crippen LogP contribution in [0.1, 0.15) is 0 Å². The van der Waals surface area contributed by atoms with Gasteiger partial charge < -0.3 is 0 Å². The maximum absolute atomic E-state index is 5.21. The fourth-order valence-electron chi connectivity index (χ4n) is 0. The molecule has 0 aromatic rings. The molecule has 2 radical (unpaired) electrons. The van der Waals surface area contributed by atoms with Gasteiger partial charge in [0, 0.05) is 0 Å². The van der Waals surface area contributed by atoms with Crippen LogP contribution in [0.5, 0.6) is 0 Å². The minimum absolute atomic E-state index is 0.298. The maximum Gasteiger partial charge on any atom is 0.138 e. The first kappa shape index (κ1) is 5.00. The molecule has 4 heavy (non-hydrogen) atoms. The van der Waals surface area contributed by atoms with E-state index in [0.29, 0.717) is 8.01 Å². The van der Waals surface area contributed by atoms with Gasteiger partial charge in [0.05, 0.1) is 7.57 Å². The molecular weight excluding hydrogens is 105 g/mol. The molecule has 0 saturated heterocycles. The first-order valence-corrected chi connectivity index (χ1v) is 6.45. The van der Waals surface area contributed by atoms with E-state index in [2.05, 4.69) is 0 Å². The van der Waals surface area contributed by atoms with Crippen molar-refractivity contribution in [3.05, 3.63) is 0 Å². The first-order chi connectivity index (χ1) is 1.91. The molecule has 0 aromatic carbocycles. The van der Waals surface area contributed by atoms with Gasteiger partial charge in [-0.25, -0.2) is 0 Å². The van der Waals surface area contributed by atoms with Crippen LogP contribution in [0.4, 0.5) is 0 Å². The molecular formula is H3BClPSi. The van der Waals surface area contributed by atoms with Crippen LogP contribution in [0.2, 0.25) is 0 Å². The van der Waals surface area contributed by atoms with Crippen molar-refractivity contribution in [2.24, 2.45) is 0 Å². The molecule has 1 atom stereocenters. The lowest BCUT2D eigenvalue weighted by atomic mass is 10.8. The smallest absolute Gasteiger partial charge is 0.138 e. The van der Waals surface area contributed by atoms with Gasteiger partial charge in [-0.2, -0.15) is 19.1 Å². The van der Waals surface area contributed by atoms with Crippen molar-refractivity contribution in [2.45, 2.75) is 0 Å². The Morgan fingerprint density at radius 2 is 2.25 bits per heavy atom. The zero-order valence-corrected chi connectivity index (χ0v) is 5.33. The number of hydrogen-bond donors (Lipinski definition) is 0. The molecule has 0 bridgehead atoms. The summed E-state index contributed by atoms with van der Waals surface area (Å²) in [6.45, 7) is 0. The highest BCUT2D eigenvalue weighted by Gasteiger charge is 1.60. The van der Waals surface area contributed by atoms with E-state index < -0.39 is 0 Å². The molecule has 0 aliphatic carbocycles. The second kappa shape index (κ2) is 4.00. The SMILES string of the molecule is [B]P[SiH2]Cl. The van der Waals surface area contributed by atoms with E-state index in [1.54, 1.807) is 0 Å². The van der Waals surface area contributed by atoms with Gasteiger partial charge in [-0.3, -0.25) is 0 Å². The van der Waals surface area contributed by atoms with Crippen molar-refractivity contribution in [3.63, 3.8) is 0 Å². The molecule has 0 N–H and O–H groups in total. The predicted octanol–water partition coefficient (Wildman–Crippen LogP) is -0.0140. The van der Waals surface area contributed by atoms with Gasteiger partial charge in [-0.1, -0.05) is 0 Å². The minimum Gasteiger partial charge on any atom is -0.173 e. The Morgan fingerprint density at radius 3 is 2.25 bits per heavy atom. The van der Waals surface area contributed by atoms with Gasteiger partial charge in [-0.15, -0.1) is 0 Å². The Balaban J connectivity index is 1.97. The third kappa shape index (κ3) is 3.00. The van der Waals surface area contributed by atoms with Crippen molar-refractivity contribution in [2.75, 3.05) is 0 Å². The molecule has 0 aliphatic rings. The van der Waals surface area contributed by atoms with E-state index in [1.165, 1.54) is 0 Å². The van der Waals surface area contributed by atoms with Crippen molar-refractivity contribution < 1.29 is 0 Å². The summed E-state index contributed by atoms with van der Waals surface area (Å²) in [6.07, 6.45) is 0. The normalized spacial score (nSPS) is 13.2. The lowest BCUT2D eigenvalue weighted by Crippen LogP contribution is -1.51. The number of hydrogen-bond acceptors (Lipinski definition) is 0. The topological polar surface area (TPSA) is 0 Å². The molecule has 0 amide bonds. The molecule has 0 saturated carbocycles. The number of rotatable bonds is 1. The molecule has 0 fully saturated rings. The summed E-state index contributed by atoms with van der Waals surface area (Å²) in [5.41, 5.74) is 0. The highest BCUT2D eigenvalue weighted by atomic mass is 35.6. The Kier molecular flexibility index (Phi) is 5.00. The van der Waals surface area contributed by atoms with Crippen LogP contribution in [0.3, 0.4) is 0 Å². The van der Waals surface area contributed by atoms with E-state index in [1.807, 2.05) is 0 Å². The Labute approximate surface area is 35.8 Å². The van der Waals surface area contributed by atoms with E-state index in [0.717, 1.165) is 0 Å². The summed E-state index contributed by atoms with van der Waals surface area (Å²) in [7, 11) is 5.23. The maximum atomic E-state index is 5.21. The third-order valence-corrected chi connectivity index (χ3v) is 2.08. The molecule has 0 aliphatic heterocycles. The monoisotopic (exact) mass is 108 g/mol. The standard InChI is InChI=1S/BClH3PSi/c1-3-4-2/h3H,4H2. The second-order valence-electron chi connectivity index (χ2n) is 0.338. The Morgan fingerprint density at radius 1 is 2.00 bits per heavy atom. The van der Waals surface area contributed by atoms with E-state index >= 15 is 0 Å². The van der Waals surface area contributed by atoms with Crippen molar-refractivity contribution >= 4 is 35.1 Å². The van der Waals surface area contributed by atoms with Crippen LogP contribution in [-0.4, -0.2) is 16.1 Å². The van der Waals surface area contributed by atoms with Crippen LogP contribution in [0, 0.1) is 0 Å². The molecule has 0 rings (SSSR count). The van der Waals surface area contributed by atoms with E-state index in [4.69, 9.17) is 18.6 Å². The molecule has 4 heteroatoms. The van der Waals surface area contributed by atoms with Gasteiger partial charge >= 0.3 is 0 Å². The lowest BCUT2D eigenvalue weighted by molar-refractivity contribution is 4.45. The van der Waals surface area contributed by atoms with Crippen LogP contribution < -0.4 is 0 Å². The highest BCUT2D eigenvalue weighted by Crippen LogP contribution is 1.95. The molecule has 0 nitrogen and oxygen atoms in total. The van der Waals surface area contributed by atoms with Gasteiger partial charge in [0.15, 0.2) is 0 Å². The van der Waals surface area contributed by atoms with Crippen LogP contribution >= 0.6 is 19.1 Å². The zero-order chi connectivity index (χ0) is 3.41. The van der Waals surface area contributed by atoms with E-state index in [-0.39, 0.29) is 8.50 Å². The molecule has 0 spiro atoms. The van der Waals surface area contributed by atoms with Crippen LogP contribution in [0.25, 0.3) is 0 Å². The molecule has 0 aromatic heterocycles. The highest BCUT2D eigenvalue weighted by molar-refractivity contribution is 7.96. The summed E-state index contributed by atoms with van der Waals surface area (Å²) >= 11 is 5.21. The summed E-state index contributed by atoms with van der Waals surface area (Å²) in [6, 6.07) is 0. The average Bonchev–Trinajstić information content (AvgIpc) is 1.37. The third-order valence-electron chi connectivity index (χ3n) is 0.0772. The molecule has 0 heterocycles. The minimum atomic E-state index is -0.298. The molecule has 1 unspecified atom stereocenters. The number of halogens is 1. The fraction of sp³-hybridized carbons (Fsp3) is 0. The first-order valence-electron chi connectivity index (χ1n) is 0.909. The zero-order valence-electron chi connectivity index (χ0n) is 2.16. The predicted molar refractivity (Wildman–Crippen MR) is 28.5 cm³/mol. The Bertz CT molecular complexity index is 10.0. The molecule has 22 valence electrons. The quantitative estimate of drug-likeness (QED) is 0.252. The fourth-order valence-corrected chi connectivity index (χ4v) is 0. The van der Waals surface area contributed by atoms with Crippen molar-refractivity contribution in [3.8, 4) is 0 Å². The summed E-state index contributed by atoms with van der Waals surface area (Å²) in [5.74, 6) is 0. The average molecular weight is 108 g/mol. The van der Waals surface area contributed by atoms with Gasteiger partial charge in [-0.05, 0) is 0 Å². The van der Waals surface area contributed by atoms with Gasteiger partial charge in [0.2, 0.25) is 0 Å². The van der Waals surface area contributed by atoms with Crippen molar-refractivity contribution in [1.29, 1.82) is 0 Å².